The molecule has 0 fully saturated rings. The second-order valence-corrected chi connectivity index (χ2v) is 6.21. The second kappa shape index (κ2) is 5.16. The van der Waals surface area contributed by atoms with E-state index < -0.39 is 0 Å². The summed E-state index contributed by atoms with van der Waals surface area (Å²) in [4.78, 5) is 4.38. The first-order valence-corrected chi connectivity index (χ1v) is 6.78. The Hall–Kier alpha value is -2.03. The molecule has 106 valence electrons. The molecule has 2 rings (SSSR count). The normalized spacial score (nSPS) is 11.4. The summed E-state index contributed by atoms with van der Waals surface area (Å²) < 4.78 is 5.85. The van der Waals surface area contributed by atoms with E-state index in [1.165, 1.54) is 5.56 Å². The van der Waals surface area contributed by atoms with Gasteiger partial charge in [-0.05, 0) is 48.1 Å². The average molecular weight is 270 g/mol. The van der Waals surface area contributed by atoms with Crippen molar-refractivity contribution in [1.29, 1.82) is 0 Å². The molecule has 0 amide bonds. The number of anilines is 1. The molecule has 3 heteroatoms. The molecule has 0 saturated heterocycles. The van der Waals surface area contributed by atoms with E-state index >= 15 is 0 Å². The molecule has 1 aromatic carbocycles. The zero-order valence-electron chi connectivity index (χ0n) is 12.8. The van der Waals surface area contributed by atoms with Gasteiger partial charge in [0.2, 0.25) is 5.88 Å². The minimum absolute atomic E-state index is 0.0965. The van der Waals surface area contributed by atoms with Crippen LogP contribution in [0.2, 0.25) is 0 Å². The standard InChI is InChI=1S/C17H22N2O/c1-11-9-15(12(2)8-14(11)18)20-16-7-6-13(10-19-16)17(3,4)5/h6-10H,18H2,1-5H3. The van der Waals surface area contributed by atoms with E-state index in [4.69, 9.17) is 10.5 Å². The highest BCUT2D eigenvalue weighted by molar-refractivity contribution is 5.54. The summed E-state index contributed by atoms with van der Waals surface area (Å²) >= 11 is 0. The lowest BCUT2D eigenvalue weighted by Crippen LogP contribution is -2.11. The molecular weight excluding hydrogens is 248 g/mol. The van der Waals surface area contributed by atoms with Crippen molar-refractivity contribution in [2.24, 2.45) is 0 Å². The van der Waals surface area contributed by atoms with Crippen molar-refractivity contribution in [2.75, 3.05) is 5.73 Å². The zero-order chi connectivity index (χ0) is 14.9. The van der Waals surface area contributed by atoms with Crippen LogP contribution in [-0.2, 0) is 5.41 Å². The van der Waals surface area contributed by atoms with Crippen LogP contribution in [-0.4, -0.2) is 4.98 Å². The fourth-order valence-corrected chi connectivity index (χ4v) is 1.92. The number of benzene rings is 1. The third kappa shape index (κ3) is 3.10. The van der Waals surface area contributed by atoms with Gasteiger partial charge in [0.05, 0.1) is 0 Å². The molecule has 3 nitrogen and oxygen atoms in total. The van der Waals surface area contributed by atoms with Crippen molar-refractivity contribution in [1.82, 2.24) is 4.98 Å². The van der Waals surface area contributed by atoms with Gasteiger partial charge >= 0.3 is 0 Å². The number of aromatic nitrogens is 1. The number of nitrogens with zero attached hydrogens (tertiary/aromatic N) is 1. The highest BCUT2D eigenvalue weighted by atomic mass is 16.5. The Kier molecular flexibility index (Phi) is 3.71. The van der Waals surface area contributed by atoms with E-state index in [9.17, 15) is 0 Å². The Morgan fingerprint density at radius 1 is 1.05 bits per heavy atom. The fourth-order valence-electron chi connectivity index (χ4n) is 1.92. The van der Waals surface area contributed by atoms with E-state index in [0.29, 0.717) is 5.88 Å². The maximum atomic E-state index is 5.88. The number of pyridine rings is 1. The molecule has 2 N–H and O–H groups in total. The topological polar surface area (TPSA) is 48.1 Å². The van der Waals surface area contributed by atoms with Crippen molar-refractivity contribution >= 4 is 5.69 Å². The largest absolute Gasteiger partial charge is 0.439 e. The van der Waals surface area contributed by atoms with Crippen LogP contribution in [0, 0.1) is 13.8 Å². The van der Waals surface area contributed by atoms with Crippen LogP contribution in [0.5, 0.6) is 11.6 Å². The van der Waals surface area contributed by atoms with Crippen molar-refractivity contribution in [3.8, 4) is 11.6 Å². The predicted octanol–water partition coefficient (Wildman–Crippen LogP) is 4.37. The van der Waals surface area contributed by atoms with Gasteiger partial charge in [-0.15, -0.1) is 0 Å². The van der Waals surface area contributed by atoms with Crippen LogP contribution < -0.4 is 10.5 Å². The Bertz CT molecular complexity index is 610. The first-order chi connectivity index (χ1) is 9.27. The molecular formula is C17H22N2O. The van der Waals surface area contributed by atoms with Crippen molar-refractivity contribution in [2.45, 2.75) is 40.0 Å². The lowest BCUT2D eigenvalue weighted by molar-refractivity contribution is 0.457. The SMILES string of the molecule is Cc1cc(Oc2ccc(C(C)(C)C)cn2)c(C)cc1N. The Morgan fingerprint density at radius 3 is 2.30 bits per heavy atom. The Morgan fingerprint density at radius 2 is 1.75 bits per heavy atom. The highest BCUT2D eigenvalue weighted by Crippen LogP contribution is 2.29. The monoisotopic (exact) mass is 270 g/mol. The molecule has 0 radical (unpaired) electrons. The van der Waals surface area contributed by atoms with Crippen LogP contribution in [0.1, 0.15) is 37.5 Å². The van der Waals surface area contributed by atoms with Gasteiger partial charge in [0, 0.05) is 18.0 Å². The van der Waals surface area contributed by atoms with Crippen molar-refractivity contribution < 1.29 is 4.74 Å². The van der Waals surface area contributed by atoms with E-state index in [0.717, 1.165) is 22.6 Å². The second-order valence-electron chi connectivity index (χ2n) is 6.21. The third-order valence-electron chi connectivity index (χ3n) is 3.38. The Balaban J connectivity index is 2.25. The molecule has 0 spiro atoms. The van der Waals surface area contributed by atoms with Crippen LogP contribution >= 0.6 is 0 Å². The van der Waals surface area contributed by atoms with Crippen LogP contribution in [0.25, 0.3) is 0 Å². The van der Waals surface area contributed by atoms with Gasteiger partial charge in [-0.25, -0.2) is 4.98 Å². The molecule has 0 aliphatic heterocycles. The fraction of sp³-hybridized carbons (Fsp3) is 0.353. The molecule has 0 aliphatic carbocycles. The Labute approximate surface area is 120 Å². The van der Waals surface area contributed by atoms with Crippen LogP contribution in [0.4, 0.5) is 5.69 Å². The van der Waals surface area contributed by atoms with Gasteiger partial charge in [-0.1, -0.05) is 26.8 Å². The number of nitrogens with two attached hydrogens (primary N) is 1. The lowest BCUT2D eigenvalue weighted by Gasteiger charge is -2.18. The maximum Gasteiger partial charge on any atom is 0.219 e. The summed E-state index contributed by atoms with van der Waals surface area (Å²) in [5, 5.41) is 0. The quantitative estimate of drug-likeness (QED) is 0.824. The summed E-state index contributed by atoms with van der Waals surface area (Å²) in [5.74, 6) is 1.40. The van der Waals surface area contributed by atoms with Gasteiger partial charge < -0.3 is 10.5 Å². The maximum absolute atomic E-state index is 5.88. The number of aryl methyl sites for hydroxylation is 2. The predicted molar refractivity (Wildman–Crippen MR) is 83.3 cm³/mol. The molecule has 2 aromatic rings. The smallest absolute Gasteiger partial charge is 0.219 e. The molecule has 0 saturated carbocycles. The van der Waals surface area contributed by atoms with Gasteiger partial charge in [0.1, 0.15) is 5.75 Å². The first kappa shape index (κ1) is 14.4. The number of rotatable bonds is 2. The number of hydrogen-bond acceptors (Lipinski definition) is 3. The van der Waals surface area contributed by atoms with Crippen molar-refractivity contribution in [3.05, 3.63) is 47.2 Å². The molecule has 1 heterocycles. The zero-order valence-corrected chi connectivity index (χ0v) is 12.8. The van der Waals surface area contributed by atoms with E-state index in [2.05, 4.69) is 31.8 Å². The number of ether oxygens (including phenoxy) is 1. The molecule has 0 unspecified atom stereocenters. The van der Waals surface area contributed by atoms with Crippen LogP contribution in [0.3, 0.4) is 0 Å². The first-order valence-electron chi connectivity index (χ1n) is 6.78. The summed E-state index contributed by atoms with van der Waals surface area (Å²) in [6.45, 7) is 10.4. The minimum atomic E-state index is 0.0965. The number of nitrogen functional groups attached to an aromatic ring is 1. The van der Waals surface area contributed by atoms with Crippen LogP contribution in [0.15, 0.2) is 30.5 Å². The highest BCUT2D eigenvalue weighted by Gasteiger charge is 2.14. The summed E-state index contributed by atoms with van der Waals surface area (Å²) in [5.41, 5.74) is 9.97. The van der Waals surface area contributed by atoms with Gasteiger partial charge in [-0.2, -0.15) is 0 Å². The van der Waals surface area contributed by atoms with E-state index in [-0.39, 0.29) is 5.41 Å². The molecule has 0 bridgehead atoms. The summed E-state index contributed by atoms with van der Waals surface area (Å²) in [6.07, 6.45) is 1.87. The molecule has 0 aliphatic rings. The third-order valence-corrected chi connectivity index (χ3v) is 3.38. The minimum Gasteiger partial charge on any atom is -0.439 e. The molecule has 20 heavy (non-hydrogen) atoms. The van der Waals surface area contributed by atoms with E-state index in [1.807, 2.05) is 38.2 Å². The van der Waals surface area contributed by atoms with Crippen molar-refractivity contribution in [3.63, 3.8) is 0 Å². The lowest BCUT2D eigenvalue weighted by atomic mass is 9.88. The number of hydrogen-bond donors (Lipinski definition) is 1. The van der Waals surface area contributed by atoms with Gasteiger partial charge in [0.25, 0.3) is 0 Å². The van der Waals surface area contributed by atoms with E-state index in [1.54, 1.807) is 0 Å². The summed E-state index contributed by atoms with van der Waals surface area (Å²) in [7, 11) is 0. The molecule has 0 atom stereocenters. The summed E-state index contributed by atoms with van der Waals surface area (Å²) in [6, 6.07) is 7.84. The average Bonchev–Trinajstić information content (AvgIpc) is 2.35. The molecule has 1 aromatic heterocycles. The van der Waals surface area contributed by atoms with Gasteiger partial charge in [-0.3, -0.25) is 0 Å². The van der Waals surface area contributed by atoms with Gasteiger partial charge in [0.15, 0.2) is 0 Å².